The van der Waals surface area contributed by atoms with Crippen LogP contribution in [0.2, 0.25) is 0 Å². The van der Waals surface area contributed by atoms with E-state index < -0.39 is 0 Å². The summed E-state index contributed by atoms with van der Waals surface area (Å²) in [4.78, 5) is 11.5. The second kappa shape index (κ2) is 3.73. The van der Waals surface area contributed by atoms with Gasteiger partial charge >= 0.3 is 0 Å². The minimum absolute atomic E-state index is 0. The minimum atomic E-state index is 0. The van der Waals surface area contributed by atoms with Gasteiger partial charge in [-0.1, -0.05) is 36.4 Å². The molecule has 3 rings (SSSR count). The molecule has 0 amide bonds. The average molecular weight is 287 g/mol. The molecule has 0 spiro atoms. The number of fused-ring (bicyclic) bond motifs is 3. The zero-order valence-electron chi connectivity index (χ0n) is 7.84. The minimum Gasteiger partial charge on any atom is -0.289 e. The van der Waals surface area contributed by atoms with Gasteiger partial charge in [0.25, 0.3) is 0 Å². The summed E-state index contributed by atoms with van der Waals surface area (Å²) in [6, 6.07) is 8.08. The molecular formula is C13H8OPd. The van der Waals surface area contributed by atoms with Gasteiger partial charge in [-0.15, -0.1) is 0 Å². The van der Waals surface area contributed by atoms with Gasteiger partial charge in [0, 0.05) is 26.0 Å². The first-order chi connectivity index (χ1) is 6.86. The van der Waals surface area contributed by atoms with Gasteiger partial charge in [-0.2, -0.15) is 0 Å². The van der Waals surface area contributed by atoms with Crippen LogP contribution < -0.4 is 0 Å². The number of allylic oxidation sites excluding steroid dienone is 5. The summed E-state index contributed by atoms with van der Waals surface area (Å²) in [5, 5.41) is 0. The van der Waals surface area contributed by atoms with Crippen molar-refractivity contribution >= 4 is 17.4 Å². The molecule has 0 aromatic heterocycles. The Morgan fingerprint density at radius 1 is 1.00 bits per heavy atom. The van der Waals surface area contributed by atoms with Gasteiger partial charge in [-0.25, -0.2) is 0 Å². The van der Waals surface area contributed by atoms with E-state index in [2.05, 4.69) is 6.07 Å². The average Bonchev–Trinajstić information content (AvgIpc) is 2.59. The SMILES string of the molecule is O=C1C=CC=C2C1=Cc1ccccc12.[Pd]. The molecule has 1 aromatic rings. The number of rotatable bonds is 0. The molecule has 0 saturated heterocycles. The van der Waals surface area contributed by atoms with Crippen molar-refractivity contribution in [2.24, 2.45) is 0 Å². The molecule has 0 atom stereocenters. The van der Waals surface area contributed by atoms with Crippen LogP contribution in [0.4, 0.5) is 0 Å². The van der Waals surface area contributed by atoms with Crippen LogP contribution in [0.5, 0.6) is 0 Å². The van der Waals surface area contributed by atoms with Crippen molar-refractivity contribution in [2.45, 2.75) is 0 Å². The van der Waals surface area contributed by atoms with Gasteiger partial charge in [0.2, 0.25) is 0 Å². The third kappa shape index (κ3) is 1.47. The number of hydrogen-bond acceptors (Lipinski definition) is 1. The van der Waals surface area contributed by atoms with E-state index in [0.29, 0.717) is 0 Å². The van der Waals surface area contributed by atoms with Crippen LogP contribution in [0.3, 0.4) is 0 Å². The summed E-state index contributed by atoms with van der Waals surface area (Å²) in [6.07, 6.45) is 7.39. The van der Waals surface area contributed by atoms with E-state index in [-0.39, 0.29) is 26.2 Å². The fraction of sp³-hybridized carbons (Fsp3) is 0. The van der Waals surface area contributed by atoms with Gasteiger partial charge in [0.1, 0.15) is 0 Å². The van der Waals surface area contributed by atoms with Gasteiger partial charge in [-0.3, -0.25) is 4.79 Å². The van der Waals surface area contributed by atoms with E-state index in [4.69, 9.17) is 0 Å². The maximum atomic E-state index is 11.5. The molecule has 2 aliphatic rings. The van der Waals surface area contributed by atoms with Gasteiger partial charge in [-0.05, 0) is 28.9 Å². The number of carbonyl (C=O) groups is 1. The Balaban J connectivity index is 0.000000853. The number of hydrogen-bond donors (Lipinski definition) is 0. The topological polar surface area (TPSA) is 17.1 Å². The van der Waals surface area contributed by atoms with Gasteiger partial charge in [0.15, 0.2) is 5.78 Å². The monoisotopic (exact) mass is 286 g/mol. The van der Waals surface area contributed by atoms with Crippen molar-refractivity contribution in [1.29, 1.82) is 0 Å². The first-order valence-corrected chi connectivity index (χ1v) is 4.60. The third-order valence-corrected chi connectivity index (χ3v) is 2.62. The molecule has 2 heteroatoms. The molecule has 0 bridgehead atoms. The number of ketones is 1. The van der Waals surface area contributed by atoms with Gasteiger partial charge in [0.05, 0.1) is 0 Å². The van der Waals surface area contributed by atoms with Crippen molar-refractivity contribution < 1.29 is 25.2 Å². The Hall–Kier alpha value is -1.23. The summed E-state index contributed by atoms with van der Waals surface area (Å²) in [5.74, 6) is 0.110. The summed E-state index contributed by atoms with van der Waals surface area (Å²) in [5.41, 5.74) is 4.20. The molecule has 0 unspecified atom stereocenters. The van der Waals surface area contributed by atoms with Crippen molar-refractivity contribution in [2.75, 3.05) is 0 Å². The predicted molar refractivity (Wildman–Crippen MR) is 56.5 cm³/mol. The molecule has 0 fully saturated rings. The van der Waals surface area contributed by atoms with E-state index in [0.717, 1.165) is 16.7 Å². The smallest absolute Gasteiger partial charge is 0.186 e. The molecule has 1 aromatic carbocycles. The largest absolute Gasteiger partial charge is 0.289 e. The fourth-order valence-corrected chi connectivity index (χ4v) is 1.95. The van der Waals surface area contributed by atoms with Crippen molar-refractivity contribution in [3.8, 4) is 0 Å². The summed E-state index contributed by atoms with van der Waals surface area (Å²) < 4.78 is 0. The van der Waals surface area contributed by atoms with Gasteiger partial charge < -0.3 is 0 Å². The van der Waals surface area contributed by atoms with Crippen LogP contribution in [0.15, 0.2) is 48.1 Å². The Kier molecular flexibility index (Phi) is 2.56. The first kappa shape index (κ1) is 10.3. The van der Waals surface area contributed by atoms with E-state index in [9.17, 15) is 4.79 Å². The standard InChI is InChI=1S/C13H8O.Pd/c14-13-7-3-6-11-10-5-2-1-4-9(10)8-12(11)13;/h1-8H;. The maximum Gasteiger partial charge on any atom is 0.186 e. The van der Waals surface area contributed by atoms with Crippen LogP contribution in [0.25, 0.3) is 11.6 Å². The van der Waals surface area contributed by atoms with Crippen molar-refractivity contribution in [3.63, 3.8) is 0 Å². The molecule has 15 heavy (non-hydrogen) atoms. The molecule has 0 heterocycles. The second-order valence-electron chi connectivity index (χ2n) is 3.45. The Bertz CT molecular complexity index is 521. The van der Waals surface area contributed by atoms with E-state index >= 15 is 0 Å². The molecule has 76 valence electrons. The molecular weight excluding hydrogens is 279 g/mol. The molecule has 1 nitrogen and oxygen atoms in total. The summed E-state index contributed by atoms with van der Waals surface area (Å²) in [6.45, 7) is 0. The van der Waals surface area contributed by atoms with E-state index in [1.807, 2.05) is 36.4 Å². The molecule has 2 aliphatic carbocycles. The Morgan fingerprint density at radius 2 is 1.80 bits per heavy atom. The fourth-order valence-electron chi connectivity index (χ4n) is 1.95. The number of benzene rings is 1. The Morgan fingerprint density at radius 3 is 2.67 bits per heavy atom. The first-order valence-electron chi connectivity index (χ1n) is 4.60. The Labute approximate surface area is 102 Å². The zero-order valence-corrected chi connectivity index (χ0v) is 9.40. The van der Waals surface area contributed by atoms with Crippen LogP contribution in [0, 0.1) is 0 Å². The second-order valence-corrected chi connectivity index (χ2v) is 3.45. The quantitative estimate of drug-likeness (QED) is 0.670. The molecule has 0 aliphatic heterocycles. The van der Waals surface area contributed by atoms with Crippen LogP contribution in [-0.2, 0) is 25.2 Å². The normalized spacial score (nSPS) is 16.1. The molecule has 0 saturated carbocycles. The number of carbonyl (C=O) groups excluding carboxylic acids is 1. The molecule has 0 radical (unpaired) electrons. The van der Waals surface area contributed by atoms with E-state index in [1.54, 1.807) is 6.08 Å². The van der Waals surface area contributed by atoms with Crippen LogP contribution in [0.1, 0.15) is 11.1 Å². The van der Waals surface area contributed by atoms with Crippen molar-refractivity contribution in [1.82, 2.24) is 0 Å². The van der Waals surface area contributed by atoms with E-state index in [1.165, 1.54) is 5.56 Å². The third-order valence-electron chi connectivity index (χ3n) is 2.62. The zero-order chi connectivity index (χ0) is 9.54. The van der Waals surface area contributed by atoms with Crippen molar-refractivity contribution in [3.05, 3.63) is 59.2 Å². The summed E-state index contributed by atoms with van der Waals surface area (Å²) in [7, 11) is 0. The summed E-state index contributed by atoms with van der Waals surface area (Å²) >= 11 is 0. The maximum absolute atomic E-state index is 11.5. The molecule has 0 N–H and O–H groups in total. The predicted octanol–water partition coefficient (Wildman–Crippen LogP) is 2.60. The van der Waals surface area contributed by atoms with Crippen LogP contribution >= 0.6 is 0 Å². The van der Waals surface area contributed by atoms with Crippen LogP contribution in [-0.4, -0.2) is 5.78 Å².